The SMILES string of the molecule is CN(C)c1ccc(NC(=O)c2ccc(OCc3ccncc3)cc2)cn1. The lowest BCUT2D eigenvalue weighted by molar-refractivity contribution is 0.102. The second-order valence-corrected chi connectivity index (χ2v) is 5.92. The number of ether oxygens (including phenoxy) is 1. The van der Waals surface area contributed by atoms with E-state index in [0.717, 1.165) is 11.4 Å². The summed E-state index contributed by atoms with van der Waals surface area (Å²) in [6.45, 7) is 0.456. The molecule has 0 aliphatic rings. The number of amides is 1. The number of hydrogen-bond acceptors (Lipinski definition) is 5. The molecule has 0 atom stereocenters. The van der Waals surface area contributed by atoms with Crippen LogP contribution in [-0.4, -0.2) is 30.0 Å². The Morgan fingerprint density at radius 1 is 1.04 bits per heavy atom. The predicted octanol–water partition coefficient (Wildman–Crippen LogP) is 3.37. The molecule has 0 spiro atoms. The average Bonchev–Trinajstić information content (AvgIpc) is 2.68. The first-order valence-corrected chi connectivity index (χ1v) is 8.18. The highest BCUT2D eigenvalue weighted by Crippen LogP contribution is 2.16. The minimum absolute atomic E-state index is 0.190. The van der Waals surface area contributed by atoms with E-state index in [2.05, 4.69) is 15.3 Å². The monoisotopic (exact) mass is 348 g/mol. The molecular formula is C20H20N4O2. The van der Waals surface area contributed by atoms with Crippen LogP contribution < -0.4 is 15.0 Å². The van der Waals surface area contributed by atoms with E-state index in [4.69, 9.17) is 4.74 Å². The van der Waals surface area contributed by atoms with Crippen LogP contribution in [0.2, 0.25) is 0 Å². The lowest BCUT2D eigenvalue weighted by atomic mass is 10.2. The van der Waals surface area contributed by atoms with Gasteiger partial charge in [-0.15, -0.1) is 0 Å². The smallest absolute Gasteiger partial charge is 0.255 e. The molecule has 2 aromatic heterocycles. The van der Waals surface area contributed by atoms with Gasteiger partial charge in [0.2, 0.25) is 0 Å². The van der Waals surface area contributed by atoms with Crippen LogP contribution in [0, 0.1) is 0 Å². The van der Waals surface area contributed by atoms with Gasteiger partial charge in [0.25, 0.3) is 5.91 Å². The van der Waals surface area contributed by atoms with Crippen LogP contribution in [-0.2, 0) is 6.61 Å². The number of rotatable bonds is 6. The number of nitrogens with zero attached hydrogens (tertiary/aromatic N) is 3. The highest BCUT2D eigenvalue weighted by molar-refractivity contribution is 6.04. The molecule has 26 heavy (non-hydrogen) atoms. The van der Waals surface area contributed by atoms with E-state index in [1.807, 2.05) is 43.3 Å². The van der Waals surface area contributed by atoms with Gasteiger partial charge in [0.15, 0.2) is 0 Å². The molecular weight excluding hydrogens is 328 g/mol. The molecule has 1 amide bonds. The Kier molecular flexibility index (Phi) is 5.43. The maximum Gasteiger partial charge on any atom is 0.255 e. The molecule has 0 saturated heterocycles. The molecule has 132 valence electrons. The zero-order chi connectivity index (χ0) is 18.4. The Balaban J connectivity index is 1.58. The minimum atomic E-state index is -0.190. The van der Waals surface area contributed by atoms with Crippen LogP contribution in [0.4, 0.5) is 11.5 Å². The van der Waals surface area contributed by atoms with Crippen molar-refractivity contribution in [2.45, 2.75) is 6.61 Å². The van der Waals surface area contributed by atoms with Crippen molar-refractivity contribution in [1.82, 2.24) is 9.97 Å². The molecule has 0 saturated carbocycles. The lowest BCUT2D eigenvalue weighted by Crippen LogP contribution is -2.13. The second kappa shape index (κ2) is 8.11. The van der Waals surface area contributed by atoms with Gasteiger partial charge in [-0.05, 0) is 54.1 Å². The van der Waals surface area contributed by atoms with Gasteiger partial charge in [-0.25, -0.2) is 4.98 Å². The standard InChI is InChI=1S/C20H20N4O2/c1-24(2)19-8-5-17(13-22-19)23-20(25)16-3-6-18(7-4-16)26-14-15-9-11-21-12-10-15/h3-13H,14H2,1-2H3,(H,23,25). The van der Waals surface area contributed by atoms with Gasteiger partial charge < -0.3 is 15.0 Å². The first kappa shape index (κ1) is 17.4. The third-order valence-corrected chi connectivity index (χ3v) is 3.74. The molecule has 0 bridgehead atoms. The summed E-state index contributed by atoms with van der Waals surface area (Å²) in [5, 5.41) is 2.83. The Bertz CT molecular complexity index is 847. The van der Waals surface area contributed by atoms with Gasteiger partial charge in [0.05, 0.1) is 11.9 Å². The van der Waals surface area contributed by atoms with Crippen LogP contribution in [0.1, 0.15) is 15.9 Å². The average molecular weight is 348 g/mol. The molecule has 3 rings (SSSR count). The van der Waals surface area contributed by atoms with Crippen molar-refractivity contribution >= 4 is 17.4 Å². The Hall–Kier alpha value is -3.41. The van der Waals surface area contributed by atoms with Gasteiger partial charge in [0.1, 0.15) is 18.2 Å². The summed E-state index contributed by atoms with van der Waals surface area (Å²) in [5.74, 6) is 1.35. The van der Waals surface area contributed by atoms with Gasteiger partial charge in [-0.3, -0.25) is 9.78 Å². The molecule has 3 aromatic rings. The summed E-state index contributed by atoms with van der Waals surface area (Å²) in [6, 6.07) is 14.5. The zero-order valence-electron chi connectivity index (χ0n) is 14.7. The molecule has 0 aliphatic carbocycles. The maximum absolute atomic E-state index is 12.3. The van der Waals surface area contributed by atoms with Crippen LogP contribution in [0.5, 0.6) is 5.75 Å². The Morgan fingerprint density at radius 2 is 1.77 bits per heavy atom. The molecule has 1 aromatic carbocycles. The fourth-order valence-corrected chi connectivity index (χ4v) is 2.28. The first-order valence-electron chi connectivity index (χ1n) is 8.18. The summed E-state index contributed by atoms with van der Waals surface area (Å²) >= 11 is 0. The first-order chi connectivity index (χ1) is 12.6. The molecule has 0 radical (unpaired) electrons. The fraction of sp³-hybridized carbons (Fsp3) is 0.150. The van der Waals surface area contributed by atoms with Crippen LogP contribution in [0.15, 0.2) is 67.1 Å². The molecule has 0 fully saturated rings. The molecule has 1 N–H and O–H groups in total. The number of carbonyl (C=O) groups excluding carboxylic acids is 1. The van der Waals surface area contributed by atoms with Crippen molar-refractivity contribution in [3.05, 3.63) is 78.2 Å². The lowest BCUT2D eigenvalue weighted by Gasteiger charge is -2.12. The van der Waals surface area contributed by atoms with Crippen molar-refractivity contribution < 1.29 is 9.53 Å². The van der Waals surface area contributed by atoms with E-state index in [-0.39, 0.29) is 5.91 Å². The Morgan fingerprint density at radius 3 is 2.38 bits per heavy atom. The van der Waals surface area contributed by atoms with E-state index in [0.29, 0.717) is 23.6 Å². The predicted molar refractivity (Wildman–Crippen MR) is 102 cm³/mol. The van der Waals surface area contributed by atoms with Crippen molar-refractivity contribution in [3.63, 3.8) is 0 Å². The number of anilines is 2. The Labute approximate surface area is 152 Å². The normalized spacial score (nSPS) is 10.2. The van der Waals surface area contributed by atoms with Crippen LogP contribution >= 0.6 is 0 Å². The van der Waals surface area contributed by atoms with Crippen molar-refractivity contribution in [2.75, 3.05) is 24.3 Å². The number of hydrogen-bond donors (Lipinski definition) is 1. The fourth-order valence-electron chi connectivity index (χ4n) is 2.28. The van der Waals surface area contributed by atoms with Crippen molar-refractivity contribution in [1.29, 1.82) is 0 Å². The number of nitrogens with one attached hydrogen (secondary N) is 1. The largest absolute Gasteiger partial charge is 0.489 e. The van der Waals surface area contributed by atoms with Gasteiger partial charge >= 0.3 is 0 Å². The molecule has 0 unspecified atom stereocenters. The van der Waals surface area contributed by atoms with Crippen molar-refractivity contribution in [3.8, 4) is 5.75 Å². The van der Waals surface area contributed by atoms with Crippen molar-refractivity contribution in [2.24, 2.45) is 0 Å². The zero-order valence-corrected chi connectivity index (χ0v) is 14.7. The highest BCUT2D eigenvalue weighted by Gasteiger charge is 2.07. The quantitative estimate of drug-likeness (QED) is 0.740. The van der Waals surface area contributed by atoms with Crippen LogP contribution in [0.3, 0.4) is 0 Å². The topological polar surface area (TPSA) is 67.4 Å². The summed E-state index contributed by atoms with van der Waals surface area (Å²) in [5.41, 5.74) is 2.24. The number of benzene rings is 1. The minimum Gasteiger partial charge on any atom is -0.489 e. The summed E-state index contributed by atoms with van der Waals surface area (Å²) in [7, 11) is 3.83. The highest BCUT2D eigenvalue weighted by atomic mass is 16.5. The summed E-state index contributed by atoms with van der Waals surface area (Å²) in [4.78, 5) is 22.5. The van der Waals surface area contributed by atoms with Crippen LogP contribution in [0.25, 0.3) is 0 Å². The maximum atomic E-state index is 12.3. The molecule has 6 nitrogen and oxygen atoms in total. The van der Waals surface area contributed by atoms with E-state index < -0.39 is 0 Å². The number of pyridine rings is 2. The van der Waals surface area contributed by atoms with E-state index in [1.165, 1.54) is 0 Å². The summed E-state index contributed by atoms with van der Waals surface area (Å²) in [6.07, 6.45) is 5.09. The molecule has 6 heteroatoms. The number of carbonyl (C=O) groups is 1. The summed E-state index contributed by atoms with van der Waals surface area (Å²) < 4.78 is 5.71. The van der Waals surface area contributed by atoms with E-state index in [1.54, 1.807) is 42.9 Å². The van der Waals surface area contributed by atoms with Gasteiger partial charge in [-0.1, -0.05) is 0 Å². The molecule has 0 aliphatic heterocycles. The number of aromatic nitrogens is 2. The second-order valence-electron chi connectivity index (χ2n) is 5.92. The third-order valence-electron chi connectivity index (χ3n) is 3.74. The van der Waals surface area contributed by atoms with E-state index in [9.17, 15) is 4.79 Å². The third kappa shape index (κ3) is 4.57. The van der Waals surface area contributed by atoms with Gasteiger partial charge in [-0.2, -0.15) is 0 Å². The van der Waals surface area contributed by atoms with Gasteiger partial charge in [0, 0.05) is 32.1 Å². The molecule has 2 heterocycles. The van der Waals surface area contributed by atoms with E-state index >= 15 is 0 Å².